The van der Waals surface area contributed by atoms with Gasteiger partial charge in [0.2, 0.25) is 0 Å². The molecule has 2 rings (SSSR count). The zero-order valence-corrected chi connectivity index (χ0v) is 14.1. The monoisotopic (exact) mass is 356 g/mol. The van der Waals surface area contributed by atoms with Crippen molar-refractivity contribution in [2.24, 2.45) is 0 Å². The molecule has 0 unspecified atom stereocenters. The molecule has 0 saturated heterocycles. The molecule has 0 spiro atoms. The van der Waals surface area contributed by atoms with Gasteiger partial charge in [-0.25, -0.2) is 0 Å². The van der Waals surface area contributed by atoms with Crippen molar-refractivity contribution in [2.45, 2.75) is 0 Å². The Morgan fingerprint density at radius 1 is 0.680 bits per heavy atom. The van der Waals surface area contributed by atoms with E-state index in [0.717, 1.165) is 0 Å². The fraction of sp³-hybridized carbons (Fsp3) is 0.588. The summed E-state index contributed by atoms with van der Waals surface area (Å²) in [4.78, 5) is 10.5. The maximum absolute atomic E-state index is 10.5. The number of ether oxygens (including phenoxy) is 7. The van der Waals surface area contributed by atoms with Crippen LogP contribution >= 0.6 is 0 Å². The summed E-state index contributed by atoms with van der Waals surface area (Å²) < 4.78 is 37.8. The van der Waals surface area contributed by atoms with Gasteiger partial charge >= 0.3 is 0 Å². The largest absolute Gasteiger partial charge is 0.487 e. The minimum Gasteiger partial charge on any atom is -0.487 e. The molecule has 8 nitrogen and oxygen atoms in total. The summed E-state index contributed by atoms with van der Waals surface area (Å²) in [6.45, 7) is 4.91. The van der Waals surface area contributed by atoms with E-state index in [4.69, 9.17) is 33.2 Å². The number of rotatable bonds is 2. The van der Waals surface area contributed by atoms with E-state index in [1.54, 1.807) is 18.2 Å². The van der Waals surface area contributed by atoms with E-state index >= 15 is 0 Å². The molecule has 1 aromatic rings. The van der Waals surface area contributed by atoms with Crippen LogP contribution in [0.5, 0.6) is 17.2 Å². The van der Waals surface area contributed by atoms with E-state index in [1.165, 1.54) is 0 Å². The minimum atomic E-state index is 0.334. The Balaban J connectivity index is 1.90. The molecule has 1 aliphatic rings. The normalized spacial score (nSPS) is 18.6. The molecule has 0 saturated carbocycles. The highest BCUT2D eigenvalue weighted by Gasteiger charge is 2.08. The quantitative estimate of drug-likeness (QED) is 0.728. The van der Waals surface area contributed by atoms with E-state index in [2.05, 4.69) is 0 Å². The second-order valence-electron chi connectivity index (χ2n) is 4.97. The van der Waals surface area contributed by atoms with Gasteiger partial charge in [0, 0.05) is 6.07 Å². The molecule has 0 atom stereocenters. The fourth-order valence-corrected chi connectivity index (χ4v) is 2.03. The number of carbonyl (C=O) groups is 1. The van der Waals surface area contributed by atoms with Crippen molar-refractivity contribution < 1.29 is 38.0 Å². The molecular weight excluding hydrogens is 332 g/mol. The first-order chi connectivity index (χ1) is 12.4. The lowest BCUT2D eigenvalue weighted by Crippen LogP contribution is -2.16. The van der Waals surface area contributed by atoms with Gasteiger partial charge in [-0.15, -0.1) is 0 Å². The Morgan fingerprint density at radius 3 is 1.68 bits per heavy atom. The van der Waals surface area contributed by atoms with E-state index in [-0.39, 0.29) is 0 Å². The van der Waals surface area contributed by atoms with Crippen LogP contribution in [0.25, 0.3) is 0 Å². The average molecular weight is 356 g/mol. The van der Waals surface area contributed by atoms with Crippen LogP contribution in [0.15, 0.2) is 18.2 Å². The molecule has 0 bridgehead atoms. The van der Waals surface area contributed by atoms with Crippen LogP contribution < -0.4 is 14.2 Å². The van der Waals surface area contributed by atoms with E-state index in [0.29, 0.717) is 89.8 Å². The number of fused-ring (bicyclic) bond motifs is 1. The summed E-state index contributed by atoms with van der Waals surface area (Å²) in [5.41, 5.74) is 0. The third-order valence-electron chi connectivity index (χ3n) is 3.19. The summed E-state index contributed by atoms with van der Waals surface area (Å²) in [5, 5.41) is 0. The van der Waals surface area contributed by atoms with Crippen LogP contribution in [0.2, 0.25) is 0 Å². The molecule has 140 valence electrons. The maximum Gasteiger partial charge on any atom is 0.298 e. The highest BCUT2D eigenvalue weighted by molar-refractivity contribution is 5.51. The van der Waals surface area contributed by atoms with Crippen molar-refractivity contribution in [2.75, 3.05) is 66.1 Å². The van der Waals surface area contributed by atoms with E-state index in [9.17, 15) is 4.79 Å². The summed E-state index contributed by atoms with van der Waals surface area (Å²) in [6, 6.07) is 4.91. The van der Waals surface area contributed by atoms with Crippen molar-refractivity contribution in [3.8, 4) is 17.2 Å². The van der Waals surface area contributed by atoms with Gasteiger partial charge in [0.1, 0.15) is 19.0 Å². The first-order valence-corrected chi connectivity index (χ1v) is 8.21. The molecule has 0 aliphatic carbocycles. The predicted molar refractivity (Wildman–Crippen MR) is 87.4 cm³/mol. The van der Waals surface area contributed by atoms with Gasteiger partial charge in [-0.3, -0.25) is 4.79 Å². The molecule has 0 N–H and O–H groups in total. The summed E-state index contributed by atoms with van der Waals surface area (Å²) in [6.07, 6.45) is 0. The zero-order chi connectivity index (χ0) is 17.6. The summed E-state index contributed by atoms with van der Waals surface area (Å²) >= 11 is 0. The van der Waals surface area contributed by atoms with Gasteiger partial charge in [-0.05, 0) is 12.1 Å². The second-order valence-corrected chi connectivity index (χ2v) is 4.97. The van der Waals surface area contributed by atoms with E-state index < -0.39 is 0 Å². The molecule has 0 radical (unpaired) electrons. The smallest absolute Gasteiger partial charge is 0.298 e. The van der Waals surface area contributed by atoms with Gasteiger partial charge in [0.25, 0.3) is 6.47 Å². The van der Waals surface area contributed by atoms with Crippen LogP contribution in [0.3, 0.4) is 0 Å². The highest BCUT2D eigenvalue weighted by Crippen LogP contribution is 2.31. The molecule has 0 aromatic heterocycles. The molecule has 1 heterocycles. The molecule has 1 aromatic carbocycles. The Kier molecular flexibility index (Phi) is 9.72. The molecule has 8 heteroatoms. The zero-order valence-electron chi connectivity index (χ0n) is 14.1. The average Bonchev–Trinajstić information content (AvgIpc) is 2.62. The summed E-state index contributed by atoms with van der Waals surface area (Å²) in [7, 11) is 0. The maximum atomic E-state index is 10.5. The first kappa shape index (κ1) is 19.5. The summed E-state index contributed by atoms with van der Waals surface area (Å²) in [5.74, 6) is 1.40. The number of carbonyl (C=O) groups excluding carboxylic acids is 1. The van der Waals surface area contributed by atoms with Crippen molar-refractivity contribution in [1.82, 2.24) is 0 Å². The molecular formula is C17H24O8. The van der Waals surface area contributed by atoms with E-state index in [1.807, 2.05) is 0 Å². The van der Waals surface area contributed by atoms with Gasteiger partial charge in [-0.1, -0.05) is 0 Å². The van der Waals surface area contributed by atoms with Crippen molar-refractivity contribution >= 4 is 6.47 Å². The predicted octanol–water partition coefficient (Wildman–Crippen LogP) is 1.06. The lowest BCUT2D eigenvalue weighted by molar-refractivity contribution is -0.120. The van der Waals surface area contributed by atoms with Gasteiger partial charge in [0.05, 0.1) is 52.9 Å². The third kappa shape index (κ3) is 8.17. The van der Waals surface area contributed by atoms with Crippen molar-refractivity contribution in [1.29, 1.82) is 0 Å². The minimum absolute atomic E-state index is 0.334. The van der Waals surface area contributed by atoms with Crippen molar-refractivity contribution in [3.63, 3.8) is 0 Å². The van der Waals surface area contributed by atoms with Crippen LogP contribution in [-0.2, 0) is 23.7 Å². The number of hydrogen-bond acceptors (Lipinski definition) is 8. The van der Waals surface area contributed by atoms with Gasteiger partial charge in [0.15, 0.2) is 11.5 Å². The van der Waals surface area contributed by atoms with Crippen LogP contribution in [0.4, 0.5) is 0 Å². The lowest BCUT2D eigenvalue weighted by Gasteiger charge is -2.14. The molecule has 25 heavy (non-hydrogen) atoms. The Hall–Kier alpha value is -1.87. The van der Waals surface area contributed by atoms with Crippen molar-refractivity contribution in [3.05, 3.63) is 18.2 Å². The second kappa shape index (κ2) is 12.5. The van der Waals surface area contributed by atoms with Crippen LogP contribution in [0, 0.1) is 0 Å². The fourth-order valence-electron chi connectivity index (χ4n) is 2.03. The Labute approximate surface area is 146 Å². The number of hydrogen-bond donors (Lipinski definition) is 0. The molecule has 1 aliphatic heterocycles. The standard InChI is InChI=1S/C17H24O8/c18-14-25-15-1-2-16-17(13-15)24-12-10-22-8-6-20-4-3-19-5-7-21-9-11-23-16/h1-2,13-14H,3-12H2. The van der Waals surface area contributed by atoms with Crippen LogP contribution in [0.1, 0.15) is 0 Å². The molecule has 0 fully saturated rings. The first-order valence-electron chi connectivity index (χ1n) is 8.21. The number of benzene rings is 1. The van der Waals surface area contributed by atoms with Gasteiger partial charge in [-0.2, -0.15) is 0 Å². The third-order valence-corrected chi connectivity index (χ3v) is 3.19. The molecule has 0 amide bonds. The lowest BCUT2D eigenvalue weighted by atomic mass is 10.3. The SMILES string of the molecule is O=COc1ccc2c(c1)OCCOCCOCCOCCOCCO2. The Morgan fingerprint density at radius 2 is 1.16 bits per heavy atom. The topological polar surface area (TPSA) is 81.7 Å². The Bertz CT molecular complexity index is 494. The highest BCUT2D eigenvalue weighted by atomic mass is 16.6. The van der Waals surface area contributed by atoms with Gasteiger partial charge < -0.3 is 33.2 Å². The van der Waals surface area contributed by atoms with Crippen LogP contribution in [-0.4, -0.2) is 72.5 Å².